The number of aliphatic hydroxyl groups is 3. The summed E-state index contributed by atoms with van der Waals surface area (Å²) in [6.07, 6.45) is -7.14. The summed E-state index contributed by atoms with van der Waals surface area (Å²) in [7, 11) is 0. The molecule has 1 saturated heterocycles. The van der Waals surface area contributed by atoms with Gasteiger partial charge in [0.15, 0.2) is 17.1 Å². The van der Waals surface area contributed by atoms with E-state index in [1.165, 1.54) is 31.2 Å². The van der Waals surface area contributed by atoms with Crippen LogP contribution in [-0.4, -0.2) is 66.5 Å². The Labute approximate surface area is 179 Å². The Morgan fingerprint density at radius 3 is 2.22 bits per heavy atom. The van der Waals surface area contributed by atoms with Crippen LogP contribution >= 0.6 is 0 Å². The zero-order valence-electron chi connectivity index (χ0n) is 16.5. The fraction of sp³-hybridized carbons (Fsp3) is 0.286. The van der Waals surface area contributed by atoms with Crippen molar-refractivity contribution in [1.29, 1.82) is 0 Å². The first kappa shape index (κ1) is 21.7. The summed E-state index contributed by atoms with van der Waals surface area (Å²) in [5, 5.41) is 70.0. The average molecular weight is 448 g/mol. The first-order valence-corrected chi connectivity index (χ1v) is 9.50. The third-order valence-corrected chi connectivity index (χ3v) is 5.24. The second-order valence-corrected chi connectivity index (χ2v) is 7.40. The molecule has 5 atom stereocenters. The van der Waals surface area contributed by atoms with Crippen LogP contribution in [0.4, 0.5) is 0 Å². The molecule has 4 rings (SSSR count). The molecule has 11 heteroatoms. The van der Waals surface area contributed by atoms with E-state index in [1.54, 1.807) is 0 Å². The molecule has 7 N–H and O–H groups in total. The summed E-state index contributed by atoms with van der Waals surface area (Å²) in [4.78, 5) is 12.6. The Morgan fingerprint density at radius 1 is 0.906 bits per heavy atom. The van der Waals surface area contributed by atoms with Crippen LogP contribution in [0.1, 0.15) is 6.92 Å². The zero-order chi connectivity index (χ0) is 23.3. The molecule has 1 aliphatic rings. The van der Waals surface area contributed by atoms with Gasteiger partial charge in [-0.1, -0.05) is 0 Å². The fourth-order valence-electron chi connectivity index (χ4n) is 3.44. The van der Waals surface area contributed by atoms with Gasteiger partial charge < -0.3 is 49.6 Å². The van der Waals surface area contributed by atoms with E-state index in [2.05, 4.69) is 0 Å². The van der Waals surface area contributed by atoms with E-state index in [-0.39, 0.29) is 17.1 Å². The first-order valence-electron chi connectivity index (χ1n) is 9.50. The van der Waals surface area contributed by atoms with Crippen LogP contribution in [-0.2, 0) is 4.74 Å². The highest BCUT2D eigenvalue weighted by molar-refractivity contribution is 5.93. The van der Waals surface area contributed by atoms with Crippen molar-refractivity contribution < 1.29 is 49.6 Å². The number of aliphatic hydroxyl groups excluding tert-OH is 3. The van der Waals surface area contributed by atoms with Gasteiger partial charge in [0.05, 0.1) is 6.10 Å². The number of benzene rings is 2. The molecule has 0 radical (unpaired) electrons. The third-order valence-electron chi connectivity index (χ3n) is 5.24. The maximum atomic E-state index is 12.6. The number of hydrogen-bond donors (Lipinski definition) is 7. The highest BCUT2D eigenvalue weighted by atomic mass is 16.7. The number of phenols is 3. The standard InChI is InChI=1S/C21H20O11/c1-7-13(24)16(27)18(29)21(30-7)31-11-6-10(23)12-15(26)17(28)19(32-20(12)14(11)25)8-2-4-9(22)5-3-8/h2-7,13,16,18,21-25,27-29H,1H3/t7-,13-,16?,18+,21-/m0/s1. The van der Waals surface area contributed by atoms with Gasteiger partial charge in [0, 0.05) is 11.6 Å². The number of phenolic OH excluding ortho intramolecular Hbond substituents is 3. The van der Waals surface area contributed by atoms with Crippen LogP contribution < -0.4 is 10.2 Å². The fourth-order valence-corrected chi connectivity index (χ4v) is 3.44. The smallest absolute Gasteiger partial charge is 0.238 e. The topological polar surface area (TPSA) is 190 Å². The third kappa shape index (κ3) is 3.46. The molecule has 0 aliphatic carbocycles. The Kier molecular flexibility index (Phi) is 5.34. The summed E-state index contributed by atoms with van der Waals surface area (Å²) in [6, 6.07) is 6.15. The van der Waals surface area contributed by atoms with E-state index in [0.717, 1.165) is 6.07 Å². The molecule has 0 bridgehead atoms. The van der Waals surface area contributed by atoms with Crippen molar-refractivity contribution in [3.63, 3.8) is 0 Å². The largest absolute Gasteiger partial charge is 0.508 e. The second-order valence-electron chi connectivity index (χ2n) is 7.40. The van der Waals surface area contributed by atoms with E-state index in [0.29, 0.717) is 0 Å². The van der Waals surface area contributed by atoms with Crippen molar-refractivity contribution in [2.45, 2.75) is 37.6 Å². The molecule has 2 aromatic carbocycles. The average Bonchev–Trinajstić information content (AvgIpc) is 2.76. The molecule has 3 aromatic rings. The van der Waals surface area contributed by atoms with Crippen molar-refractivity contribution in [2.24, 2.45) is 0 Å². The zero-order valence-corrected chi connectivity index (χ0v) is 16.5. The molecular weight excluding hydrogens is 428 g/mol. The molecule has 0 amide bonds. The predicted molar refractivity (Wildman–Crippen MR) is 108 cm³/mol. The van der Waals surface area contributed by atoms with Gasteiger partial charge in [0.2, 0.25) is 23.2 Å². The minimum Gasteiger partial charge on any atom is -0.508 e. The predicted octanol–water partition coefficient (Wildman–Crippen LogP) is 0.489. The quantitative estimate of drug-likeness (QED) is 0.276. The van der Waals surface area contributed by atoms with Crippen molar-refractivity contribution in [1.82, 2.24) is 0 Å². The van der Waals surface area contributed by atoms with E-state index < -0.39 is 70.1 Å². The van der Waals surface area contributed by atoms with Gasteiger partial charge >= 0.3 is 0 Å². The van der Waals surface area contributed by atoms with E-state index >= 15 is 0 Å². The van der Waals surface area contributed by atoms with Crippen LogP contribution in [0.2, 0.25) is 0 Å². The summed E-state index contributed by atoms with van der Waals surface area (Å²) < 4.78 is 16.2. The Bertz CT molecular complexity index is 1220. The lowest BCUT2D eigenvalue weighted by atomic mass is 10.00. The summed E-state index contributed by atoms with van der Waals surface area (Å²) in [5.41, 5.74) is -1.36. The monoisotopic (exact) mass is 448 g/mol. The van der Waals surface area contributed by atoms with Gasteiger partial charge in [-0.25, -0.2) is 0 Å². The molecule has 1 aliphatic heterocycles. The normalized spacial score (nSPS) is 25.7. The highest BCUT2D eigenvalue weighted by Gasteiger charge is 2.43. The highest BCUT2D eigenvalue weighted by Crippen LogP contribution is 2.43. The molecule has 1 fully saturated rings. The molecule has 1 unspecified atom stereocenters. The second kappa shape index (κ2) is 7.88. The Hall–Kier alpha value is -3.51. The van der Waals surface area contributed by atoms with Gasteiger partial charge in [-0.05, 0) is 31.2 Å². The Balaban J connectivity index is 1.82. The van der Waals surface area contributed by atoms with Crippen LogP contribution in [0.3, 0.4) is 0 Å². The van der Waals surface area contributed by atoms with Crippen LogP contribution in [0.15, 0.2) is 39.5 Å². The van der Waals surface area contributed by atoms with E-state index in [4.69, 9.17) is 13.9 Å². The molecule has 0 spiro atoms. The van der Waals surface area contributed by atoms with Crippen molar-refractivity contribution >= 4 is 11.0 Å². The van der Waals surface area contributed by atoms with Gasteiger partial charge in [-0.2, -0.15) is 0 Å². The first-order chi connectivity index (χ1) is 15.1. The lowest BCUT2D eigenvalue weighted by Gasteiger charge is -2.38. The van der Waals surface area contributed by atoms with Crippen LogP contribution in [0, 0.1) is 0 Å². The van der Waals surface area contributed by atoms with Crippen LogP contribution in [0.25, 0.3) is 22.3 Å². The number of ether oxygens (including phenoxy) is 2. The van der Waals surface area contributed by atoms with Crippen LogP contribution in [0.5, 0.6) is 28.7 Å². The lowest BCUT2D eigenvalue weighted by molar-refractivity contribution is -0.268. The minimum absolute atomic E-state index is 0.0693. The number of aromatic hydroxyl groups is 4. The van der Waals surface area contributed by atoms with Gasteiger partial charge in [-0.15, -0.1) is 0 Å². The van der Waals surface area contributed by atoms with Crippen molar-refractivity contribution in [3.8, 4) is 40.1 Å². The summed E-state index contributed by atoms with van der Waals surface area (Å²) in [5.74, 6) is -3.15. The van der Waals surface area contributed by atoms with E-state index in [9.17, 15) is 40.5 Å². The number of fused-ring (bicyclic) bond motifs is 1. The van der Waals surface area contributed by atoms with Crippen molar-refractivity contribution in [2.75, 3.05) is 0 Å². The van der Waals surface area contributed by atoms with E-state index in [1.807, 2.05) is 0 Å². The lowest BCUT2D eigenvalue weighted by Crippen LogP contribution is -2.58. The van der Waals surface area contributed by atoms with Gasteiger partial charge in [-0.3, -0.25) is 4.79 Å². The molecule has 2 heterocycles. The molecule has 0 saturated carbocycles. The van der Waals surface area contributed by atoms with Gasteiger partial charge in [0.1, 0.15) is 35.2 Å². The SMILES string of the molecule is C[C@@H]1O[C@@H](Oc2cc(O)c3c(=O)c(O)c(-c4ccc(O)cc4)oc3c2O)[C@H](O)C(O)[C@H]1O. The number of rotatable bonds is 3. The number of hydrogen-bond acceptors (Lipinski definition) is 11. The molecule has 1 aromatic heterocycles. The molecule has 170 valence electrons. The maximum absolute atomic E-state index is 12.6. The Morgan fingerprint density at radius 2 is 1.56 bits per heavy atom. The van der Waals surface area contributed by atoms with Crippen molar-refractivity contribution in [3.05, 3.63) is 40.6 Å². The summed E-state index contributed by atoms with van der Waals surface area (Å²) in [6.45, 7) is 1.43. The summed E-state index contributed by atoms with van der Waals surface area (Å²) >= 11 is 0. The minimum atomic E-state index is -1.70. The van der Waals surface area contributed by atoms with Gasteiger partial charge in [0.25, 0.3) is 0 Å². The molecular formula is C21H20O11. The molecule has 32 heavy (non-hydrogen) atoms. The maximum Gasteiger partial charge on any atom is 0.238 e. The molecule has 11 nitrogen and oxygen atoms in total.